The second-order valence-electron chi connectivity index (χ2n) is 8.31. The smallest absolute Gasteiger partial charge is 0.346 e. The molecule has 2 aromatic rings. The third-order valence-corrected chi connectivity index (χ3v) is 5.50. The number of hydrogen-bond donors (Lipinski definition) is 0. The van der Waals surface area contributed by atoms with Gasteiger partial charge in [0.05, 0.1) is 18.2 Å². The number of carbonyl (C=O) groups is 2. The zero-order chi connectivity index (χ0) is 19.8. The first kappa shape index (κ1) is 19.3. The zero-order valence-electron chi connectivity index (χ0n) is 16.7. The van der Waals surface area contributed by atoms with Crippen molar-refractivity contribution >= 4 is 22.8 Å². The van der Waals surface area contributed by atoms with Crippen molar-refractivity contribution in [3.05, 3.63) is 41.1 Å². The van der Waals surface area contributed by atoms with Gasteiger partial charge < -0.3 is 9.47 Å². The minimum atomic E-state index is -0.952. The lowest BCUT2D eigenvalue weighted by Crippen LogP contribution is -2.30. The minimum Gasteiger partial charge on any atom is -0.466 e. The number of pyridine rings is 1. The number of aryl methyl sites for hydroxylation is 1. The molecule has 0 spiro atoms. The van der Waals surface area contributed by atoms with Crippen LogP contribution in [0.3, 0.4) is 0 Å². The molecule has 144 valence electrons. The number of nitrogens with zero attached hydrogens (tertiary/aromatic N) is 1. The third-order valence-electron chi connectivity index (χ3n) is 5.50. The van der Waals surface area contributed by atoms with Crippen LogP contribution in [0.15, 0.2) is 24.3 Å². The predicted molar refractivity (Wildman–Crippen MR) is 104 cm³/mol. The van der Waals surface area contributed by atoms with Gasteiger partial charge in [0.1, 0.15) is 0 Å². The number of carbonyl (C=O) groups excluding carboxylic acids is 2. The fourth-order valence-corrected chi connectivity index (χ4v) is 3.79. The number of rotatable bonds is 3. The summed E-state index contributed by atoms with van der Waals surface area (Å²) in [5, 5.41) is 0.771. The third kappa shape index (κ3) is 3.82. The Balaban J connectivity index is 2.09. The highest BCUT2D eigenvalue weighted by atomic mass is 16.6. The van der Waals surface area contributed by atoms with Gasteiger partial charge in [-0.05, 0) is 49.1 Å². The highest BCUT2D eigenvalue weighted by Crippen LogP contribution is 2.39. The fourth-order valence-electron chi connectivity index (χ4n) is 3.79. The number of esters is 2. The van der Waals surface area contributed by atoms with E-state index in [1.165, 1.54) is 14.0 Å². The molecule has 2 atom stereocenters. The highest BCUT2D eigenvalue weighted by molar-refractivity contribution is 6.05. The van der Waals surface area contributed by atoms with Crippen molar-refractivity contribution in [1.82, 2.24) is 4.98 Å². The van der Waals surface area contributed by atoms with Gasteiger partial charge in [-0.1, -0.05) is 39.0 Å². The fraction of sp³-hybridized carbons (Fsp3) is 0.500. The average Bonchev–Trinajstić information content (AvgIpc) is 2.63. The van der Waals surface area contributed by atoms with Crippen molar-refractivity contribution in [2.75, 3.05) is 7.11 Å². The van der Waals surface area contributed by atoms with Crippen LogP contribution in [-0.2, 0) is 27.1 Å². The van der Waals surface area contributed by atoms with E-state index in [1.807, 2.05) is 24.3 Å². The van der Waals surface area contributed by atoms with E-state index in [2.05, 4.69) is 25.5 Å². The molecule has 0 saturated carbocycles. The van der Waals surface area contributed by atoms with E-state index in [-0.39, 0.29) is 5.41 Å². The first-order valence-electron chi connectivity index (χ1n) is 9.41. The van der Waals surface area contributed by atoms with Gasteiger partial charge in [-0.3, -0.25) is 4.98 Å². The maximum Gasteiger partial charge on any atom is 0.346 e. The van der Waals surface area contributed by atoms with Crippen LogP contribution in [0.5, 0.6) is 0 Å². The van der Waals surface area contributed by atoms with E-state index in [1.54, 1.807) is 0 Å². The molecule has 5 nitrogen and oxygen atoms in total. The monoisotopic (exact) mass is 369 g/mol. The summed E-state index contributed by atoms with van der Waals surface area (Å²) in [5.74, 6) is -0.599. The van der Waals surface area contributed by atoms with Crippen molar-refractivity contribution < 1.29 is 19.1 Å². The van der Waals surface area contributed by atoms with E-state index in [0.29, 0.717) is 11.5 Å². The first-order chi connectivity index (χ1) is 12.7. The average molecular weight is 369 g/mol. The van der Waals surface area contributed by atoms with Gasteiger partial charge in [0, 0.05) is 11.1 Å². The molecule has 3 rings (SSSR count). The summed E-state index contributed by atoms with van der Waals surface area (Å²) < 4.78 is 10.1. The standard InChI is InChI=1S/C22H27NO4/c1-13(20(24)26-5)27-21(25)19-15-8-6-7-9-17(15)23-18-11-10-14(12-16(18)19)22(2,3)4/h6-9,13-14H,10-12H2,1-5H3. The Morgan fingerprint density at radius 3 is 2.59 bits per heavy atom. The normalized spacial score (nSPS) is 17.9. The molecule has 1 aromatic carbocycles. The first-order valence-corrected chi connectivity index (χ1v) is 9.41. The molecule has 0 amide bonds. The number of methoxy groups -OCH3 is 1. The van der Waals surface area contributed by atoms with Crippen LogP contribution in [0.2, 0.25) is 0 Å². The predicted octanol–water partition coefficient (Wildman–Crippen LogP) is 4.10. The van der Waals surface area contributed by atoms with Crippen molar-refractivity contribution in [2.45, 2.75) is 53.1 Å². The van der Waals surface area contributed by atoms with Crippen LogP contribution in [0.1, 0.15) is 55.7 Å². The lowest BCUT2D eigenvalue weighted by Gasteiger charge is -2.35. The van der Waals surface area contributed by atoms with Crippen LogP contribution in [0.25, 0.3) is 10.9 Å². The van der Waals surface area contributed by atoms with Gasteiger partial charge in [0.15, 0.2) is 6.10 Å². The number of para-hydroxylation sites is 1. The van der Waals surface area contributed by atoms with Crippen molar-refractivity contribution in [3.8, 4) is 0 Å². The van der Waals surface area contributed by atoms with Gasteiger partial charge in [-0.15, -0.1) is 0 Å². The van der Waals surface area contributed by atoms with E-state index in [4.69, 9.17) is 9.72 Å². The number of benzene rings is 1. The lowest BCUT2D eigenvalue weighted by atomic mass is 9.70. The van der Waals surface area contributed by atoms with Gasteiger partial charge in [0.2, 0.25) is 0 Å². The molecule has 1 aliphatic carbocycles. The Morgan fingerprint density at radius 1 is 1.22 bits per heavy atom. The van der Waals surface area contributed by atoms with Gasteiger partial charge in [-0.2, -0.15) is 0 Å². The summed E-state index contributed by atoms with van der Waals surface area (Å²) in [4.78, 5) is 29.6. The molecule has 1 aliphatic rings. The number of fused-ring (bicyclic) bond motifs is 2. The number of ether oxygens (including phenoxy) is 2. The van der Waals surface area contributed by atoms with Crippen LogP contribution in [0.4, 0.5) is 0 Å². The molecule has 5 heteroatoms. The van der Waals surface area contributed by atoms with Crippen molar-refractivity contribution in [1.29, 1.82) is 0 Å². The number of hydrogen-bond acceptors (Lipinski definition) is 5. The lowest BCUT2D eigenvalue weighted by molar-refractivity contribution is -0.149. The Hall–Kier alpha value is -2.43. The molecule has 0 N–H and O–H groups in total. The van der Waals surface area contributed by atoms with E-state index < -0.39 is 18.0 Å². The quantitative estimate of drug-likeness (QED) is 0.762. The van der Waals surface area contributed by atoms with E-state index in [0.717, 1.165) is 41.4 Å². The van der Waals surface area contributed by atoms with E-state index >= 15 is 0 Å². The SMILES string of the molecule is COC(=O)C(C)OC(=O)c1c2c(nc3ccccc13)CCC(C(C)(C)C)C2. The maximum atomic E-state index is 13.1. The van der Waals surface area contributed by atoms with Crippen molar-refractivity contribution in [3.63, 3.8) is 0 Å². The molecule has 0 bridgehead atoms. The molecule has 0 radical (unpaired) electrons. The second kappa shape index (κ2) is 7.29. The highest BCUT2D eigenvalue weighted by Gasteiger charge is 2.33. The molecule has 0 aliphatic heterocycles. The van der Waals surface area contributed by atoms with Crippen molar-refractivity contribution in [2.24, 2.45) is 11.3 Å². The molecule has 1 heterocycles. The van der Waals surface area contributed by atoms with Gasteiger partial charge in [0.25, 0.3) is 0 Å². The zero-order valence-corrected chi connectivity index (χ0v) is 16.7. The Kier molecular flexibility index (Phi) is 5.22. The second-order valence-corrected chi connectivity index (χ2v) is 8.31. The molecular formula is C22H27NO4. The van der Waals surface area contributed by atoms with E-state index in [9.17, 15) is 9.59 Å². The van der Waals surface area contributed by atoms with Crippen LogP contribution < -0.4 is 0 Å². The Bertz CT molecular complexity index is 882. The summed E-state index contributed by atoms with van der Waals surface area (Å²) in [7, 11) is 1.28. The summed E-state index contributed by atoms with van der Waals surface area (Å²) in [6.45, 7) is 8.22. The Morgan fingerprint density at radius 2 is 1.93 bits per heavy atom. The summed E-state index contributed by atoms with van der Waals surface area (Å²) in [6.07, 6.45) is 1.73. The summed E-state index contributed by atoms with van der Waals surface area (Å²) >= 11 is 0. The van der Waals surface area contributed by atoms with Crippen LogP contribution in [0, 0.1) is 11.3 Å². The largest absolute Gasteiger partial charge is 0.466 e. The molecule has 1 aromatic heterocycles. The maximum absolute atomic E-state index is 13.1. The topological polar surface area (TPSA) is 65.5 Å². The number of aromatic nitrogens is 1. The van der Waals surface area contributed by atoms with Gasteiger partial charge >= 0.3 is 11.9 Å². The molecule has 0 fully saturated rings. The molecule has 2 unspecified atom stereocenters. The molecular weight excluding hydrogens is 342 g/mol. The van der Waals surface area contributed by atoms with Crippen LogP contribution >= 0.6 is 0 Å². The summed E-state index contributed by atoms with van der Waals surface area (Å²) in [5.41, 5.74) is 3.39. The van der Waals surface area contributed by atoms with Crippen LogP contribution in [-0.4, -0.2) is 30.1 Å². The molecule has 27 heavy (non-hydrogen) atoms. The van der Waals surface area contributed by atoms with Gasteiger partial charge in [-0.25, -0.2) is 9.59 Å². The Labute approximate surface area is 160 Å². The minimum absolute atomic E-state index is 0.143. The summed E-state index contributed by atoms with van der Waals surface area (Å²) in [6, 6.07) is 7.60. The molecule has 0 saturated heterocycles.